The summed E-state index contributed by atoms with van der Waals surface area (Å²) in [7, 11) is 1.77. The Kier molecular flexibility index (Phi) is 3.93. The first-order valence-electron chi connectivity index (χ1n) is 3.57. The van der Waals surface area contributed by atoms with Gasteiger partial charge >= 0.3 is 0 Å². The first-order chi connectivity index (χ1) is 4.57. The zero-order valence-corrected chi connectivity index (χ0v) is 7.23. The molecule has 0 aliphatic rings. The molecule has 0 spiro atoms. The fourth-order valence-electron chi connectivity index (χ4n) is 0.559. The summed E-state index contributed by atoms with van der Waals surface area (Å²) < 4.78 is 0. The quantitative estimate of drug-likeness (QED) is 0.583. The molecule has 0 aromatic heterocycles. The lowest BCUT2D eigenvalue weighted by Crippen LogP contribution is -2.10. The largest absolute Gasteiger partial charge is 0.309 e. The maximum absolute atomic E-state index is 7.50. The predicted octanol–water partition coefficient (Wildman–Crippen LogP) is 2.14. The standard InChI is InChI=1S/C8H16N2/c1-6(2)8(9)5-7(3)10-4/h6,9H,5H2,1-4H3. The van der Waals surface area contributed by atoms with E-state index in [9.17, 15) is 0 Å². The molecule has 0 heterocycles. The zero-order chi connectivity index (χ0) is 8.15. The van der Waals surface area contributed by atoms with Gasteiger partial charge in [0, 0.05) is 24.9 Å². The van der Waals surface area contributed by atoms with Gasteiger partial charge in [-0.15, -0.1) is 0 Å². The molecule has 0 radical (unpaired) electrons. The van der Waals surface area contributed by atoms with Gasteiger partial charge in [-0.05, 0) is 12.8 Å². The van der Waals surface area contributed by atoms with Gasteiger partial charge in [0.2, 0.25) is 0 Å². The summed E-state index contributed by atoms with van der Waals surface area (Å²) >= 11 is 0. The second-order valence-corrected chi connectivity index (χ2v) is 2.82. The molecule has 1 N–H and O–H groups in total. The lowest BCUT2D eigenvalue weighted by molar-refractivity contribution is 0.862. The van der Waals surface area contributed by atoms with Crippen LogP contribution in [0.4, 0.5) is 0 Å². The second-order valence-electron chi connectivity index (χ2n) is 2.82. The van der Waals surface area contributed by atoms with Crippen molar-refractivity contribution in [2.75, 3.05) is 7.05 Å². The molecule has 0 saturated carbocycles. The van der Waals surface area contributed by atoms with Crippen molar-refractivity contribution in [3.8, 4) is 0 Å². The maximum Gasteiger partial charge on any atom is 0.0276 e. The fourth-order valence-corrected chi connectivity index (χ4v) is 0.559. The van der Waals surface area contributed by atoms with Gasteiger partial charge in [0.05, 0.1) is 0 Å². The van der Waals surface area contributed by atoms with Crippen LogP contribution in [0.5, 0.6) is 0 Å². The lowest BCUT2D eigenvalue weighted by Gasteiger charge is -2.05. The Morgan fingerprint density at radius 1 is 1.50 bits per heavy atom. The molecule has 0 aromatic carbocycles. The average molecular weight is 140 g/mol. The van der Waals surface area contributed by atoms with Gasteiger partial charge < -0.3 is 5.41 Å². The molecule has 2 nitrogen and oxygen atoms in total. The molecule has 0 amide bonds. The van der Waals surface area contributed by atoms with Crippen LogP contribution in [0.25, 0.3) is 0 Å². The monoisotopic (exact) mass is 140 g/mol. The summed E-state index contributed by atoms with van der Waals surface area (Å²) in [5, 5.41) is 7.50. The highest BCUT2D eigenvalue weighted by Gasteiger charge is 2.02. The van der Waals surface area contributed by atoms with E-state index >= 15 is 0 Å². The van der Waals surface area contributed by atoms with Crippen molar-refractivity contribution in [3.63, 3.8) is 0 Å². The summed E-state index contributed by atoms with van der Waals surface area (Å²) in [5.41, 5.74) is 1.81. The molecule has 0 fully saturated rings. The molecule has 58 valence electrons. The van der Waals surface area contributed by atoms with Crippen LogP contribution in [0.15, 0.2) is 4.99 Å². The van der Waals surface area contributed by atoms with E-state index in [-0.39, 0.29) is 0 Å². The van der Waals surface area contributed by atoms with Crippen LogP contribution in [-0.4, -0.2) is 18.5 Å². The van der Waals surface area contributed by atoms with Crippen molar-refractivity contribution in [1.82, 2.24) is 0 Å². The molecular formula is C8H16N2. The lowest BCUT2D eigenvalue weighted by atomic mass is 10.0. The minimum atomic E-state index is 0.358. The SMILES string of the molecule is CN=C(C)CC(=N)C(C)C. The molecule has 0 unspecified atom stereocenters. The van der Waals surface area contributed by atoms with Gasteiger partial charge in [-0.2, -0.15) is 0 Å². The topological polar surface area (TPSA) is 36.2 Å². The highest BCUT2D eigenvalue weighted by Crippen LogP contribution is 1.99. The number of hydrogen-bond acceptors (Lipinski definition) is 2. The van der Waals surface area contributed by atoms with Gasteiger partial charge in [0.15, 0.2) is 0 Å². The van der Waals surface area contributed by atoms with Gasteiger partial charge in [0.1, 0.15) is 0 Å². The van der Waals surface area contributed by atoms with Gasteiger partial charge in [-0.25, -0.2) is 0 Å². The number of nitrogens with one attached hydrogen (secondary N) is 1. The first-order valence-corrected chi connectivity index (χ1v) is 3.57. The minimum Gasteiger partial charge on any atom is -0.309 e. The van der Waals surface area contributed by atoms with Crippen LogP contribution in [0.3, 0.4) is 0 Å². The van der Waals surface area contributed by atoms with Gasteiger partial charge in [-0.1, -0.05) is 13.8 Å². The van der Waals surface area contributed by atoms with Crippen LogP contribution >= 0.6 is 0 Å². The number of rotatable bonds is 3. The molecule has 0 aliphatic carbocycles. The number of aliphatic imine (C=N–C) groups is 1. The molecule has 10 heavy (non-hydrogen) atoms. The fraction of sp³-hybridized carbons (Fsp3) is 0.750. The molecule has 0 atom stereocenters. The molecule has 0 rings (SSSR count). The molecule has 0 aromatic rings. The minimum absolute atomic E-state index is 0.358. The first kappa shape index (κ1) is 9.34. The summed E-state index contributed by atoms with van der Waals surface area (Å²) in [4.78, 5) is 3.99. The van der Waals surface area contributed by atoms with E-state index in [4.69, 9.17) is 5.41 Å². The zero-order valence-electron chi connectivity index (χ0n) is 7.23. The van der Waals surface area contributed by atoms with Gasteiger partial charge in [-0.3, -0.25) is 4.99 Å². The molecule has 2 heteroatoms. The average Bonchev–Trinajstić information content (AvgIpc) is 1.87. The highest BCUT2D eigenvalue weighted by atomic mass is 14.7. The third-order valence-corrected chi connectivity index (χ3v) is 1.52. The molecule has 0 bridgehead atoms. The van der Waals surface area contributed by atoms with E-state index < -0.39 is 0 Å². The van der Waals surface area contributed by atoms with Crippen molar-refractivity contribution in [1.29, 1.82) is 5.41 Å². The van der Waals surface area contributed by atoms with Crippen LogP contribution < -0.4 is 0 Å². The normalized spacial score (nSPS) is 12.3. The summed E-state index contributed by atoms with van der Waals surface area (Å²) in [5.74, 6) is 0.358. The van der Waals surface area contributed by atoms with E-state index in [2.05, 4.69) is 4.99 Å². The Bertz CT molecular complexity index is 145. The van der Waals surface area contributed by atoms with E-state index in [1.807, 2.05) is 20.8 Å². The summed E-state index contributed by atoms with van der Waals surface area (Å²) in [6.45, 7) is 6.02. The third kappa shape index (κ3) is 3.38. The van der Waals surface area contributed by atoms with Crippen LogP contribution in [0.2, 0.25) is 0 Å². The van der Waals surface area contributed by atoms with Crippen LogP contribution in [0, 0.1) is 11.3 Å². The van der Waals surface area contributed by atoms with Gasteiger partial charge in [0.25, 0.3) is 0 Å². The highest BCUT2D eigenvalue weighted by molar-refractivity contribution is 6.02. The smallest absolute Gasteiger partial charge is 0.0276 e. The van der Waals surface area contributed by atoms with E-state index in [0.29, 0.717) is 5.92 Å². The Morgan fingerprint density at radius 2 is 2.00 bits per heavy atom. The van der Waals surface area contributed by atoms with Crippen molar-refractivity contribution >= 4 is 11.4 Å². The van der Waals surface area contributed by atoms with E-state index in [0.717, 1.165) is 17.8 Å². The molecule has 0 saturated heterocycles. The predicted molar refractivity (Wildman–Crippen MR) is 46.2 cm³/mol. The van der Waals surface area contributed by atoms with E-state index in [1.165, 1.54) is 0 Å². The Balaban J connectivity index is 3.81. The third-order valence-electron chi connectivity index (χ3n) is 1.52. The summed E-state index contributed by atoms with van der Waals surface area (Å²) in [6, 6.07) is 0. The van der Waals surface area contributed by atoms with Crippen LogP contribution in [-0.2, 0) is 0 Å². The van der Waals surface area contributed by atoms with Crippen LogP contribution in [0.1, 0.15) is 27.2 Å². The number of hydrogen-bond donors (Lipinski definition) is 1. The second kappa shape index (κ2) is 4.20. The Hall–Kier alpha value is -0.660. The van der Waals surface area contributed by atoms with Crippen molar-refractivity contribution in [3.05, 3.63) is 0 Å². The number of nitrogens with zero attached hydrogens (tertiary/aromatic N) is 1. The van der Waals surface area contributed by atoms with E-state index in [1.54, 1.807) is 7.05 Å². The molecular weight excluding hydrogens is 124 g/mol. The Labute approximate surface area is 62.9 Å². The van der Waals surface area contributed by atoms with Crippen molar-refractivity contribution in [2.45, 2.75) is 27.2 Å². The molecule has 0 aliphatic heterocycles. The maximum atomic E-state index is 7.50. The van der Waals surface area contributed by atoms with Crippen molar-refractivity contribution in [2.24, 2.45) is 10.9 Å². The Morgan fingerprint density at radius 3 is 2.30 bits per heavy atom. The summed E-state index contributed by atoms with van der Waals surface area (Å²) in [6.07, 6.45) is 0.730. The van der Waals surface area contributed by atoms with Crippen molar-refractivity contribution < 1.29 is 0 Å².